The van der Waals surface area contributed by atoms with Crippen LogP contribution in [0.5, 0.6) is 5.75 Å². The summed E-state index contributed by atoms with van der Waals surface area (Å²) < 4.78 is 10.6. The topological polar surface area (TPSA) is 103 Å². The lowest BCUT2D eigenvalue weighted by atomic mass is 9.95. The van der Waals surface area contributed by atoms with E-state index in [4.69, 9.17) is 27.4 Å². The van der Waals surface area contributed by atoms with E-state index in [0.717, 1.165) is 5.56 Å². The number of thiocarbonyl (C=S) groups is 1. The number of rotatable bonds is 6. The monoisotopic (exact) mass is 363 g/mol. The quantitative estimate of drug-likeness (QED) is 0.517. The van der Waals surface area contributed by atoms with Gasteiger partial charge >= 0.3 is 5.97 Å². The molecule has 0 spiro atoms. The minimum absolute atomic E-state index is 0.194. The molecule has 134 valence electrons. The Kier molecular flexibility index (Phi) is 5.97. The molecule has 0 unspecified atom stereocenters. The zero-order valence-corrected chi connectivity index (χ0v) is 15.1. The number of hydrogen-bond acceptors (Lipinski definition) is 5. The van der Waals surface area contributed by atoms with Gasteiger partial charge in [0.05, 0.1) is 17.7 Å². The Bertz CT molecular complexity index is 713. The number of carbonyl (C=O) groups excluding carboxylic acids is 2. The van der Waals surface area contributed by atoms with E-state index in [1.807, 2.05) is 0 Å². The van der Waals surface area contributed by atoms with Gasteiger partial charge in [0.25, 0.3) is 5.91 Å². The molecular formula is C17H21N3O4S. The highest BCUT2D eigenvalue weighted by Crippen LogP contribution is 2.29. The fourth-order valence-electron chi connectivity index (χ4n) is 2.40. The molecule has 0 saturated heterocycles. The second-order valence-electron chi connectivity index (χ2n) is 5.85. The number of nitrogens with one attached hydrogen (secondary N) is 2. The van der Waals surface area contributed by atoms with Crippen LogP contribution in [0.25, 0.3) is 0 Å². The molecule has 2 rings (SSSR count). The minimum Gasteiger partial charge on any atom is -0.484 e. The third-order valence-electron chi connectivity index (χ3n) is 3.43. The van der Waals surface area contributed by atoms with Crippen molar-refractivity contribution in [2.24, 2.45) is 5.73 Å². The van der Waals surface area contributed by atoms with E-state index in [2.05, 4.69) is 10.6 Å². The second kappa shape index (κ2) is 7.98. The van der Waals surface area contributed by atoms with Crippen LogP contribution in [0.15, 0.2) is 35.5 Å². The molecule has 0 aliphatic carbocycles. The van der Waals surface area contributed by atoms with Crippen LogP contribution in [0.1, 0.15) is 32.4 Å². The van der Waals surface area contributed by atoms with Crippen molar-refractivity contribution >= 4 is 29.2 Å². The van der Waals surface area contributed by atoms with E-state index in [1.165, 1.54) is 0 Å². The number of carbonyl (C=O) groups is 2. The first-order valence-electron chi connectivity index (χ1n) is 7.78. The molecule has 0 saturated carbocycles. The summed E-state index contributed by atoms with van der Waals surface area (Å²) in [6.45, 7) is 5.17. The highest BCUT2D eigenvalue weighted by atomic mass is 32.1. The molecule has 1 aromatic rings. The van der Waals surface area contributed by atoms with Crippen molar-refractivity contribution in [2.45, 2.75) is 32.9 Å². The standard InChI is InChI=1S/C17H21N3O4S/c1-9(2)24-16(22)14-10(3)19-17(25)20-15(14)11-4-6-12(7-5-11)23-8-13(18)21/h4-7,9,15H,8H2,1-3H3,(H2,18,21)(H2,19,20,25)/t15-/m0/s1. The number of allylic oxidation sites excluding steroid dienone is 1. The van der Waals surface area contributed by atoms with E-state index < -0.39 is 17.9 Å². The summed E-state index contributed by atoms with van der Waals surface area (Å²) >= 11 is 5.20. The zero-order chi connectivity index (χ0) is 18.6. The van der Waals surface area contributed by atoms with Gasteiger partial charge in [-0.25, -0.2) is 4.79 Å². The third-order valence-corrected chi connectivity index (χ3v) is 3.65. The summed E-state index contributed by atoms with van der Waals surface area (Å²) in [4.78, 5) is 23.2. The Labute approximate surface area is 151 Å². The smallest absolute Gasteiger partial charge is 0.338 e. The van der Waals surface area contributed by atoms with Gasteiger partial charge in [-0.05, 0) is 50.7 Å². The van der Waals surface area contributed by atoms with Gasteiger partial charge in [0.2, 0.25) is 0 Å². The molecule has 1 heterocycles. The van der Waals surface area contributed by atoms with Crippen molar-refractivity contribution in [2.75, 3.05) is 6.61 Å². The van der Waals surface area contributed by atoms with Crippen LogP contribution in [0.2, 0.25) is 0 Å². The maximum absolute atomic E-state index is 12.5. The summed E-state index contributed by atoms with van der Waals surface area (Å²) in [7, 11) is 0. The van der Waals surface area contributed by atoms with Crippen LogP contribution in [0.4, 0.5) is 0 Å². The predicted molar refractivity (Wildman–Crippen MR) is 96.7 cm³/mol. The maximum atomic E-state index is 12.5. The molecule has 1 amide bonds. The molecule has 1 aromatic carbocycles. The maximum Gasteiger partial charge on any atom is 0.338 e. The summed E-state index contributed by atoms with van der Waals surface area (Å²) in [6.07, 6.45) is -0.230. The van der Waals surface area contributed by atoms with Crippen molar-refractivity contribution in [1.29, 1.82) is 0 Å². The number of nitrogens with two attached hydrogens (primary N) is 1. The first kappa shape index (κ1) is 18.7. The molecule has 1 aliphatic heterocycles. The average molecular weight is 363 g/mol. The summed E-state index contributed by atoms with van der Waals surface area (Å²) in [5.74, 6) is -0.452. The number of ether oxygens (including phenoxy) is 2. The number of primary amides is 1. The summed E-state index contributed by atoms with van der Waals surface area (Å²) in [5, 5.41) is 6.46. The Balaban J connectivity index is 2.27. The van der Waals surface area contributed by atoms with E-state index >= 15 is 0 Å². The average Bonchev–Trinajstić information content (AvgIpc) is 2.51. The minimum atomic E-state index is -0.549. The highest BCUT2D eigenvalue weighted by Gasteiger charge is 2.31. The first-order valence-corrected chi connectivity index (χ1v) is 8.19. The lowest BCUT2D eigenvalue weighted by molar-refractivity contribution is -0.143. The van der Waals surface area contributed by atoms with Gasteiger partial charge in [-0.1, -0.05) is 12.1 Å². The lowest BCUT2D eigenvalue weighted by Gasteiger charge is -2.30. The molecule has 0 bridgehead atoms. The molecular weight excluding hydrogens is 342 g/mol. The van der Waals surface area contributed by atoms with Crippen LogP contribution in [-0.4, -0.2) is 29.7 Å². The molecule has 1 aliphatic rings. The molecule has 1 atom stereocenters. The van der Waals surface area contributed by atoms with Crippen molar-refractivity contribution in [3.63, 3.8) is 0 Å². The normalized spacial score (nSPS) is 17.0. The van der Waals surface area contributed by atoms with Gasteiger partial charge in [0, 0.05) is 5.70 Å². The lowest BCUT2D eigenvalue weighted by Crippen LogP contribution is -2.45. The number of esters is 1. The Morgan fingerprint density at radius 2 is 1.92 bits per heavy atom. The molecule has 4 N–H and O–H groups in total. The van der Waals surface area contributed by atoms with Gasteiger partial charge in [0.15, 0.2) is 11.7 Å². The van der Waals surface area contributed by atoms with E-state index in [0.29, 0.717) is 22.1 Å². The zero-order valence-electron chi connectivity index (χ0n) is 14.3. The Morgan fingerprint density at radius 1 is 1.28 bits per heavy atom. The van der Waals surface area contributed by atoms with E-state index in [9.17, 15) is 9.59 Å². The van der Waals surface area contributed by atoms with Gasteiger partial charge < -0.3 is 25.8 Å². The number of hydrogen-bond donors (Lipinski definition) is 3. The summed E-state index contributed by atoms with van der Waals surface area (Å²) in [5.41, 5.74) is 6.98. The summed E-state index contributed by atoms with van der Waals surface area (Å²) in [6, 6.07) is 6.54. The fraction of sp³-hybridized carbons (Fsp3) is 0.353. The van der Waals surface area contributed by atoms with E-state index in [1.54, 1.807) is 45.0 Å². The molecule has 8 heteroatoms. The van der Waals surface area contributed by atoms with Crippen LogP contribution in [0.3, 0.4) is 0 Å². The third kappa shape index (κ3) is 4.93. The second-order valence-corrected chi connectivity index (χ2v) is 6.26. The van der Waals surface area contributed by atoms with Crippen LogP contribution in [-0.2, 0) is 14.3 Å². The van der Waals surface area contributed by atoms with Gasteiger partial charge in [-0.15, -0.1) is 0 Å². The molecule has 25 heavy (non-hydrogen) atoms. The molecule has 7 nitrogen and oxygen atoms in total. The van der Waals surface area contributed by atoms with Gasteiger partial charge in [-0.2, -0.15) is 0 Å². The molecule has 0 radical (unpaired) electrons. The largest absolute Gasteiger partial charge is 0.484 e. The van der Waals surface area contributed by atoms with Gasteiger partial charge in [0.1, 0.15) is 5.75 Å². The SMILES string of the molecule is CC1=C(C(=O)OC(C)C)[C@H](c2ccc(OCC(N)=O)cc2)NC(=S)N1. The predicted octanol–water partition coefficient (Wildman–Crippen LogP) is 1.30. The van der Waals surface area contributed by atoms with Crippen molar-refractivity contribution in [3.05, 3.63) is 41.1 Å². The Hall–Kier alpha value is -2.61. The molecule has 0 aromatic heterocycles. The highest BCUT2D eigenvalue weighted by molar-refractivity contribution is 7.80. The first-order chi connectivity index (χ1) is 11.8. The Morgan fingerprint density at radius 3 is 2.48 bits per heavy atom. The van der Waals surface area contributed by atoms with Crippen molar-refractivity contribution < 1.29 is 19.1 Å². The fourth-order valence-corrected chi connectivity index (χ4v) is 2.67. The van der Waals surface area contributed by atoms with Crippen molar-refractivity contribution in [1.82, 2.24) is 10.6 Å². The van der Waals surface area contributed by atoms with Crippen LogP contribution < -0.4 is 21.1 Å². The van der Waals surface area contributed by atoms with Crippen molar-refractivity contribution in [3.8, 4) is 5.75 Å². The van der Waals surface area contributed by atoms with Crippen LogP contribution in [0, 0.1) is 0 Å². The van der Waals surface area contributed by atoms with E-state index in [-0.39, 0.29) is 12.7 Å². The number of amides is 1. The van der Waals surface area contributed by atoms with Crippen LogP contribution >= 0.6 is 12.2 Å². The number of benzene rings is 1. The molecule has 0 fully saturated rings. The van der Waals surface area contributed by atoms with Gasteiger partial charge in [-0.3, -0.25) is 4.79 Å².